The molecule has 0 aliphatic rings. The van der Waals surface area contributed by atoms with Gasteiger partial charge in [0.2, 0.25) is 11.8 Å². The standard InChI is InChI=1S/C11H23N3O2/c1-7(2)10(12)11(16)13-6-5-9(15)14-8(3)4/h7-8,10H,5-6,12H2,1-4H3,(H,13,16)(H,14,15). The van der Waals surface area contributed by atoms with Crippen LogP contribution in [0.4, 0.5) is 0 Å². The number of carbonyl (C=O) groups excluding carboxylic acids is 2. The quantitative estimate of drug-likeness (QED) is 0.599. The molecule has 2 amide bonds. The fourth-order valence-corrected chi connectivity index (χ4v) is 1.11. The van der Waals surface area contributed by atoms with Crippen LogP contribution in [-0.4, -0.2) is 30.4 Å². The third kappa shape index (κ3) is 6.40. The molecule has 0 aromatic carbocycles. The summed E-state index contributed by atoms with van der Waals surface area (Å²) < 4.78 is 0. The Bertz CT molecular complexity index is 239. The van der Waals surface area contributed by atoms with Crippen molar-refractivity contribution < 1.29 is 9.59 Å². The molecule has 16 heavy (non-hydrogen) atoms. The summed E-state index contributed by atoms with van der Waals surface area (Å²) in [6.45, 7) is 7.89. The summed E-state index contributed by atoms with van der Waals surface area (Å²) >= 11 is 0. The molecule has 94 valence electrons. The van der Waals surface area contributed by atoms with Crippen molar-refractivity contribution >= 4 is 11.8 Å². The molecule has 0 aliphatic carbocycles. The fraction of sp³-hybridized carbons (Fsp3) is 0.818. The van der Waals surface area contributed by atoms with Crippen molar-refractivity contribution in [2.45, 2.75) is 46.2 Å². The van der Waals surface area contributed by atoms with E-state index in [0.29, 0.717) is 6.54 Å². The van der Waals surface area contributed by atoms with Crippen molar-refractivity contribution in [3.63, 3.8) is 0 Å². The second-order valence-electron chi connectivity index (χ2n) is 4.53. The number of hydrogen-bond acceptors (Lipinski definition) is 3. The van der Waals surface area contributed by atoms with E-state index in [1.165, 1.54) is 0 Å². The average Bonchev–Trinajstić information content (AvgIpc) is 2.14. The molecule has 5 nitrogen and oxygen atoms in total. The highest BCUT2D eigenvalue weighted by atomic mass is 16.2. The predicted molar refractivity (Wildman–Crippen MR) is 63.7 cm³/mol. The third-order valence-corrected chi connectivity index (χ3v) is 2.12. The number of hydrogen-bond donors (Lipinski definition) is 3. The van der Waals surface area contributed by atoms with Crippen LogP contribution in [0.1, 0.15) is 34.1 Å². The number of amides is 2. The Balaban J connectivity index is 3.74. The molecule has 0 spiro atoms. The van der Waals surface area contributed by atoms with Crippen molar-refractivity contribution in [2.24, 2.45) is 11.7 Å². The van der Waals surface area contributed by atoms with Gasteiger partial charge in [-0.1, -0.05) is 13.8 Å². The van der Waals surface area contributed by atoms with E-state index in [1.54, 1.807) is 0 Å². The topological polar surface area (TPSA) is 84.2 Å². The summed E-state index contributed by atoms with van der Waals surface area (Å²) in [5.74, 6) is -0.162. The maximum Gasteiger partial charge on any atom is 0.237 e. The maximum absolute atomic E-state index is 11.4. The summed E-state index contributed by atoms with van der Waals surface area (Å²) in [5, 5.41) is 5.39. The largest absolute Gasteiger partial charge is 0.354 e. The second kappa shape index (κ2) is 7.22. The Hall–Kier alpha value is -1.10. The Morgan fingerprint density at radius 1 is 1.19 bits per heavy atom. The van der Waals surface area contributed by atoms with Crippen LogP contribution >= 0.6 is 0 Å². The molecule has 0 rings (SSSR count). The van der Waals surface area contributed by atoms with Gasteiger partial charge in [0.05, 0.1) is 6.04 Å². The van der Waals surface area contributed by atoms with Crippen molar-refractivity contribution in [3.8, 4) is 0 Å². The smallest absolute Gasteiger partial charge is 0.237 e. The molecule has 0 aromatic heterocycles. The molecule has 0 heterocycles. The lowest BCUT2D eigenvalue weighted by atomic mass is 10.1. The summed E-state index contributed by atoms with van der Waals surface area (Å²) in [6.07, 6.45) is 0.286. The minimum Gasteiger partial charge on any atom is -0.354 e. The first-order valence-corrected chi connectivity index (χ1v) is 5.67. The van der Waals surface area contributed by atoms with Crippen LogP contribution in [-0.2, 0) is 9.59 Å². The van der Waals surface area contributed by atoms with Gasteiger partial charge in [-0.3, -0.25) is 9.59 Å². The van der Waals surface area contributed by atoms with Crippen molar-refractivity contribution in [1.82, 2.24) is 10.6 Å². The molecule has 1 atom stereocenters. The normalized spacial score (nSPS) is 12.7. The molecule has 0 saturated heterocycles. The maximum atomic E-state index is 11.4. The SMILES string of the molecule is CC(C)NC(=O)CCNC(=O)C(N)C(C)C. The Morgan fingerprint density at radius 3 is 2.19 bits per heavy atom. The first kappa shape index (κ1) is 14.9. The van der Waals surface area contributed by atoms with E-state index in [0.717, 1.165) is 0 Å². The van der Waals surface area contributed by atoms with E-state index < -0.39 is 6.04 Å². The lowest BCUT2D eigenvalue weighted by Crippen LogP contribution is -2.45. The van der Waals surface area contributed by atoms with Gasteiger partial charge in [0.1, 0.15) is 0 Å². The highest BCUT2D eigenvalue weighted by Crippen LogP contribution is 1.97. The van der Waals surface area contributed by atoms with E-state index in [9.17, 15) is 9.59 Å². The van der Waals surface area contributed by atoms with Crippen LogP contribution in [0.15, 0.2) is 0 Å². The summed E-state index contributed by atoms with van der Waals surface area (Å²) in [4.78, 5) is 22.7. The Kier molecular flexibility index (Phi) is 6.72. The van der Waals surface area contributed by atoms with Gasteiger partial charge in [-0.25, -0.2) is 0 Å². The fourth-order valence-electron chi connectivity index (χ4n) is 1.11. The summed E-state index contributed by atoms with van der Waals surface area (Å²) in [6, 6.07) is -0.380. The van der Waals surface area contributed by atoms with Gasteiger partial charge in [-0.2, -0.15) is 0 Å². The number of carbonyl (C=O) groups is 2. The Morgan fingerprint density at radius 2 is 1.75 bits per heavy atom. The molecule has 0 aliphatic heterocycles. The molecule has 1 unspecified atom stereocenters. The lowest BCUT2D eigenvalue weighted by Gasteiger charge is -2.15. The van der Waals surface area contributed by atoms with Gasteiger partial charge in [0, 0.05) is 19.0 Å². The van der Waals surface area contributed by atoms with Gasteiger partial charge >= 0.3 is 0 Å². The molecule has 0 radical (unpaired) electrons. The zero-order chi connectivity index (χ0) is 12.7. The molecule has 0 bridgehead atoms. The van der Waals surface area contributed by atoms with Crippen molar-refractivity contribution in [1.29, 1.82) is 0 Å². The zero-order valence-corrected chi connectivity index (χ0v) is 10.5. The molecule has 0 saturated carbocycles. The first-order chi connectivity index (χ1) is 7.34. The van der Waals surface area contributed by atoms with Gasteiger partial charge < -0.3 is 16.4 Å². The molecular formula is C11H23N3O2. The number of rotatable bonds is 6. The second-order valence-corrected chi connectivity index (χ2v) is 4.53. The van der Waals surface area contributed by atoms with Gasteiger partial charge in [0.25, 0.3) is 0 Å². The van der Waals surface area contributed by atoms with E-state index >= 15 is 0 Å². The van der Waals surface area contributed by atoms with Crippen LogP contribution in [0.2, 0.25) is 0 Å². The summed E-state index contributed by atoms with van der Waals surface area (Å²) in [7, 11) is 0. The highest BCUT2D eigenvalue weighted by Gasteiger charge is 2.16. The molecule has 0 aromatic rings. The van der Waals surface area contributed by atoms with E-state index in [-0.39, 0.29) is 30.2 Å². The predicted octanol–water partition coefficient (Wildman–Crippen LogP) is 0.000600. The van der Waals surface area contributed by atoms with Crippen molar-refractivity contribution in [2.75, 3.05) is 6.54 Å². The van der Waals surface area contributed by atoms with Gasteiger partial charge in [-0.15, -0.1) is 0 Å². The van der Waals surface area contributed by atoms with Crippen LogP contribution in [0.3, 0.4) is 0 Å². The van der Waals surface area contributed by atoms with Crippen LogP contribution < -0.4 is 16.4 Å². The van der Waals surface area contributed by atoms with Crippen LogP contribution in [0.5, 0.6) is 0 Å². The van der Waals surface area contributed by atoms with E-state index in [4.69, 9.17) is 5.73 Å². The lowest BCUT2D eigenvalue weighted by molar-refractivity contribution is -0.123. The molecule has 4 N–H and O–H groups in total. The summed E-state index contributed by atoms with van der Waals surface area (Å²) in [5.41, 5.74) is 5.65. The number of nitrogens with two attached hydrogens (primary N) is 1. The highest BCUT2D eigenvalue weighted by molar-refractivity contribution is 5.82. The minimum absolute atomic E-state index is 0.0616. The Labute approximate surface area is 97.2 Å². The zero-order valence-electron chi connectivity index (χ0n) is 10.5. The number of nitrogens with one attached hydrogen (secondary N) is 2. The van der Waals surface area contributed by atoms with Crippen LogP contribution in [0, 0.1) is 5.92 Å². The molecule has 0 fully saturated rings. The van der Waals surface area contributed by atoms with E-state index in [1.807, 2.05) is 27.7 Å². The van der Waals surface area contributed by atoms with Crippen molar-refractivity contribution in [3.05, 3.63) is 0 Å². The molecule has 5 heteroatoms. The average molecular weight is 229 g/mol. The van der Waals surface area contributed by atoms with Gasteiger partial charge in [-0.05, 0) is 19.8 Å². The minimum atomic E-state index is -0.506. The third-order valence-electron chi connectivity index (χ3n) is 2.12. The molecular weight excluding hydrogens is 206 g/mol. The van der Waals surface area contributed by atoms with Crippen LogP contribution in [0.25, 0.3) is 0 Å². The monoisotopic (exact) mass is 229 g/mol. The first-order valence-electron chi connectivity index (χ1n) is 5.67. The van der Waals surface area contributed by atoms with Gasteiger partial charge in [0.15, 0.2) is 0 Å². The van der Waals surface area contributed by atoms with E-state index in [2.05, 4.69) is 10.6 Å².